The fraction of sp³-hybridized carbons (Fsp3) is 0.0741. The Labute approximate surface area is 226 Å². The molecule has 3 heterocycles. The van der Waals surface area contributed by atoms with Crippen LogP contribution in [0.4, 0.5) is 11.6 Å². The summed E-state index contributed by atoms with van der Waals surface area (Å²) in [5.41, 5.74) is 2.79. The first-order valence-corrected chi connectivity index (χ1v) is 12.3. The quantitative estimate of drug-likeness (QED) is 0.276. The Balaban J connectivity index is 1.39. The summed E-state index contributed by atoms with van der Waals surface area (Å²) in [6.07, 6.45) is 2.93. The number of hydrogen-bond donors (Lipinski definition) is 2. The first-order valence-electron chi connectivity index (χ1n) is 11.5. The van der Waals surface area contributed by atoms with Crippen LogP contribution in [0.3, 0.4) is 0 Å². The third kappa shape index (κ3) is 5.15. The molecule has 0 radical (unpaired) electrons. The maximum absolute atomic E-state index is 12.9. The molecule has 38 heavy (non-hydrogen) atoms. The molecule has 2 N–H and O–H groups in total. The van der Waals surface area contributed by atoms with Gasteiger partial charge in [-0.3, -0.25) is 19.8 Å². The smallest absolute Gasteiger partial charge is 0.280 e. The van der Waals surface area contributed by atoms with E-state index in [0.717, 1.165) is 0 Å². The SMILES string of the molecule is Cc1[nH]n(-c2cccc(Cl)c2)c(=O)c1C=Nc1cccc(/N=C/c2c(C)[nH]n(-c3cccc(Cl)c3)c2=O)n1. The third-order valence-corrected chi connectivity index (χ3v) is 6.21. The van der Waals surface area contributed by atoms with Crippen LogP contribution in [-0.2, 0) is 0 Å². The first-order chi connectivity index (χ1) is 18.3. The Hall–Kier alpha value is -4.47. The zero-order chi connectivity index (χ0) is 26.8. The maximum Gasteiger partial charge on any atom is 0.280 e. The van der Waals surface area contributed by atoms with E-state index in [1.807, 2.05) is 0 Å². The van der Waals surface area contributed by atoms with Gasteiger partial charge in [0.1, 0.15) is 0 Å². The van der Waals surface area contributed by atoms with E-state index >= 15 is 0 Å². The van der Waals surface area contributed by atoms with Crippen molar-refractivity contribution in [2.45, 2.75) is 13.8 Å². The van der Waals surface area contributed by atoms with Gasteiger partial charge in [-0.1, -0.05) is 41.4 Å². The minimum Gasteiger partial charge on any atom is -0.295 e. The average molecular weight is 546 g/mol. The zero-order valence-corrected chi connectivity index (χ0v) is 21.8. The number of nitrogens with one attached hydrogen (secondary N) is 2. The lowest BCUT2D eigenvalue weighted by molar-refractivity contribution is 0.835. The second kappa shape index (κ2) is 10.5. The molecule has 5 aromatic rings. The lowest BCUT2D eigenvalue weighted by atomic mass is 10.3. The molecule has 190 valence electrons. The van der Waals surface area contributed by atoms with Gasteiger partial charge in [-0.25, -0.2) is 24.3 Å². The minimum absolute atomic E-state index is 0.262. The number of halogens is 2. The van der Waals surface area contributed by atoms with Gasteiger partial charge in [-0.2, -0.15) is 0 Å². The molecule has 11 heteroatoms. The van der Waals surface area contributed by atoms with Gasteiger partial charge in [0.25, 0.3) is 11.1 Å². The van der Waals surface area contributed by atoms with Crippen LogP contribution >= 0.6 is 23.2 Å². The molecule has 0 bridgehead atoms. The molecule has 0 saturated carbocycles. The molecular formula is C27H21Cl2N7O2. The van der Waals surface area contributed by atoms with Crippen LogP contribution in [0.25, 0.3) is 11.4 Å². The summed E-state index contributed by atoms with van der Waals surface area (Å²) in [5.74, 6) is 0.715. The van der Waals surface area contributed by atoms with Gasteiger partial charge in [0.15, 0.2) is 11.6 Å². The molecule has 0 aliphatic heterocycles. The second-order valence-corrected chi connectivity index (χ2v) is 9.29. The lowest BCUT2D eigenvalue weighted by Crippen LogP contribution is -2.17. The largest absolute Gasteiger partial charge is 0.295 e. The maximum atomic E-state index is 12.9. The number of rotatable bonds is 6. The van der Waals surface area contributed by atoms with Gasteiger partial charge in [0.05, 0.1) is 22.5 Å². The van der Waals surface area contributed by atoms with Crippen molar-refractivity contribution in [1.29, 1.82) is 0 Å². The van der Waals surface area contributed by atoms with E-state index in [2.05, 4.69) is 25.2 Å². The number of benzene rings is 2. The summed E-state index contributed by atoms with van der Waals surface area (Å²) in [4.78, 5) is 39.0. The monoisotopic (exact) mass is 545 g/mol. The third-order valence-electron chi connectivity index (χ3n) is 5.74. The molecule has 0 atom stereocenters. The fourth-order valence-electron chi connectivity index (χ4n) is 3.83. The van der Waals surface area contributed by atoms with Crippen molar-refractivity contribution in [2.24, 2.45) is 9.98 Å². The van der Waals surface area contributed by atoms with Gasteiger partial charge in [-0.15, -0.1) is 0 Å². The van der Waals surface area contributed by atoms with Crippen LogP contribution in [-0.4, -0.2) is 37.0 Å². The van der Waals surface area contributed by atoms with Crippen molar-refractivity contribution >= 4 is 47.3 Å². The van der Waals surface area contributed by atoms with Crippen LogP contribution < -0.4 is 11.1 Å². The number of nitrogens with zero attached hydrogens (tertiary/aromatic N) is 5. The van der Waals surface area contributed by atoms with Gasteiger partial charge in [0.2, 0.25) is 0 Å². The zero-order valence-electron chi connectivity index (χ0n) is 20.3. The van der Waals surface area contributed by atoms with Crippen molar-refractivity contribution in [2.75, 3.05) is 0 Å². The predicted molar refractivity (Wildman–Crippen MR) is 151 cm³/mol. The summed E-state index contributed by atoms with van der Waals surface area (Å²) in [6.45, 7) is 3.57. The molecular weight excluding hydrogens is 525 g/mol. The van der Waals surface area contributed by atoms with E-state index in [9.17, 15) is 9.59 Å². The Morgan fingerprint density at radius 2 is 1.13 bits per heavy atom. The number of aromatic amines is 2. The standard InChI is InChI=1S/C27H21Cl2N7O2/c1-16-22(26(37)35(33-16)20-8-3-6-18(28)12-20)14-30-24-10-5-11-25(32-24)31-15-23-17(2)34-36(27(23)38)21-9-4-7-19(29)13-21/h3-15,33-34H,1-2H3/b30-14+,31-15?. The number of pyridine rings is 1. The summed E-state index contributed by atoms with van der Waals surface area (Å²) in [7, 11) is 0. The molecule has 3 aromatic heterocycles. The van der Waals surface area contributed by atoms with E-state index in [4.69, 9.17) is 23.2 Å². The normalized spacial score (nSPS) is 11.7. The topological polar surface area (TPSA) is 113 Å². The Bertz CT molecular complexity index is 1700. The lowest BCUT2D eigenvalue weighted by Gasteiger charge is -2.01. The Morgan fingerprint density at radius 1 is 0.711 bits per heavy atom. The molecule has 5 rings (SSSR count). The van der Waals surface area contributed by atoms with Crippen LogP contribution in [0.1, 0.15) is 22.5 Å². The van der Waals surface area contributed by atoms with Crippen LogP contribution in [0.15, 0.2) is 86.3 Å². The highest BCUT2D eigenvalue weighted by molar-refractivity contribution is 6.31. The van der Waals surface area contributed by atoms with Crippen LogP contribution in [0.2, 0.25) is 10.0 Å². The minimum atomic E-state index is -0.262. The number of H-pyrrole nitrogens is 2. The highest BCUT2D eigenvalue weighted by Crippen LogP contribution is 2.17. The number of hydrogen-bond acceptors (Lipinski definition) is 5. The molecule has 0 saturated heterocycles. The first kappa shape index (κ1) is 25.2. The highest BCUT2D eigenvalue weighted by atomic mass is 35.5. The van der Waals surface area contributed by atoms with E-state index in [1.54, 1.807) is 80.6 Å². The fourth-order valence-corrected chi connectivity index (χ4v) is 4.20. The van der Waals surface area contributed by atoms with Crippen molar-refractivity contribution in [3.05, 3.63) is 120 Å². The van der Waals surface area contributed by atoms with Gasteiger partial charge in [-0.05, 0) is 62.4 Å². The summed E-state index contributed by atoms with van der Waals surface area (Å²) in [5, 5.41) is 7.13. The van der Waals surface area contributed by atoms with Gasteiger partial charge in [0, 0.05) is 33.9 Å². The van der Waals surface area contributed by atoms with Crippen molar-refractivity contribution in [3.8, 4) is 11.4 Å². The Kier molecular flexibility index (Phi) is 6.95. The molecule has 2 aromatic carbocycles. The molecule has 0 amide bonds. The predicted octanol–water partition coefficient (Wildman–Crippen LogP) is 5.46. The van der Waals surface area contributed by atoms with E-state index in [-0.39, 0.29) is 11.1 Å². The molecule has 0 fully saturated rings. The van der Waals surface area contributed by atoms with Gasteiger partial charge < -0.3 is 0 Å². The molecule has 0 unspecified atom stereocenters. The Morgan fingerprint density at radius 3 is 1.55 bits per heavy atom. The summed E-state index contributed by atoms with van der Waals surface area (Å²) in [6, 6.07) is 19.1. The second-order valence-electron chi connectivity index (χ2n) is 8.41. The summed E-state index contributed by atoms with van der Waals surface area (Å²) >= 11 is 12.1. The molecule has 0 aliphatic rings. The van der Waals surface area contributed by atoms with Crippen molar-refractivity contribution in [1.82, 2.24) is 24.5 Å². The number of aromatic nitrogens is 5. The van der Waals surface area contributed by atoms with E-state index < -0.39 is 0 Å². The van der Waals surface area contributed by atoms with E-state index in [0.29, 0.717) is 55.6 Å². The van der Waals surface area contributed by atoms with Crippen molar-refractivity contribution in [3.63, 3.8) is 0 Å². The highest BCUT2D eigenvalue weighted by Gasteiger charge is 2.12. The van der Waals surface area contributed by atoms with Crippen LogP contribution in [0, 0.1) is 13.8 Å². The summed E-state index contributed by atoms with van der Waals surface area (Å²) < 4.78 is 2.82. The average Bonchev–Trinajstić information content (AvgIpc) is 3.35. The van der Waals surface area contributed by atoms with E-state index in [1.165, 1.54) is 21.8 Å². The van der Waals surface area contributed by atoms with Gasteiger partial charge >= 0.3 is 0 Å². The molecule has 0 aliphatic carbocycles. The number of aryl methyl sites for hydroxylation is 2. The number of aliphatic imine (C=N–C) groups is 2. The molecule has 0 spiro atoms. The van der Waals surface area contributed by atoms with Crippen LogP contribution in [0.5, 0.6) is 0 Å². The molecule has 9 nitrogen and oxygen atoms in total. The van der Waals surface area contributed by atoms with Crippen molar-refractivity contribution < 1.29 is 0 Å².